The van der Waals surface area contributed by atoms with Crippen molar-refractivity contribution in [2.24, 2.45) is 5.73 Å². The van der Waals surface area contributed by atoms with Gasteiger partial charge in [0.15, 0.2) is 11.5 Å². The molecular formula is C12H16FNO2. The molecule has 1 aliphatic carbocycles. The fourth-order valence-electron chi connectivity index (χ4n) is 1.74. The minimum Gasteiger partial charge on any atom is -0.505 e. The lowest BCUT2D eigenvalue weighted by Crippen LogP contribution is -2.22. The number of phenolic OH excluding ortho intramolecular Hbond substituents is 1. The number of halogens is 1. The van der Waals surface area contributed by atoms with E-state index in [1.165, 1.54) is 13.2 Å². The Morgan fingerprint density at radius 1 is 1.50 bits per heavy atom. The third-order valence-electron chi connectivity index (χ3n) is 3.17. The average molecular weight is 225 g/mol. The molecule has 1 fully saturated rings. The molecular weight excluding hydrogens is 209 g/mol. The zero-order chi connectivity index (χ0) is 11.8. The highest BCUT2D eigenvalue weighted by Crippen LogP contribution is 2.38. The first-order chi connectivity index (χ1) is 7.56. The van der Waals surface area contributed by atoms with E-state index < -0.39 is 5.82 Å². The first-order valence-electron chi connectivity index (χ1n) is 5.39. The van der Waals surface area contributed by atoms with Gasteiger partial charge in [-0.15, -0.1) is 0 Å². The van der Waals surface area contributed by atoms with E-state index in [1.807, 2.05) is 0 Å². The molecule has 3 nitrogen and oxygen atoms in total. The van der Waals surface area contributed by atoms with Crippen LogP contribution in [-0.4, -0.2) is 17.8 Å². The van der Waals surface area contributed by atoms with Crippen LogP contribution in [0.5, 0.6) is 11.5 Å². The molecule has 1 aromatic rings. The first-order valence-corrected chi connectivity index (χ1v) is 5.39. The van der Waals surface area contributed by atoms with Crippen LogP contribution < -0.4 is 10.5 Å². The molecule has 0 radical (unpaired) electrons. The van der Waals surface area contributed by atoms with Gasteiger partial charge in [-0.25, -0.2) is 0 Å². The maximum atomic E-state index is 13.5. The molecule has 1 saturated carbocycles. The molecule has 0 heterocycles. The van der Waals surface area contributed by atoms with Crippen molar-refractivity contribution in [2.75, 3.05) is 7.11 Å². The number of hydrogen-bond donors (Lipinski definition) is 2. The Balaban J connectivity index is 2.12. The van der Waals surface area contributed by atoms with Crippen LogP contribution in [-0.2, 0) is 6.42 Å². The second-order valence-electron chi connectivity index (χ2n) is 4.45. The van der Waals surface area contributed by atoms with Gasteiger partial charge in [-0.1, -0.05) is 6.07 Å². The molecule has 0 bridgehead atoms. The van der Waals surface area contributed by atoms with Gasteiger partial charge in [0.2, 0.25) is 5.82 Å². The predicted octanol–water partition coefficient (Wildman–Crippen LogP) is 1.96. The van der Waals surface area contributed by atoms with E-state index in [2.05, 4.69) is 0 Å². The minimum atomic E-state index is -0.693. The van der Waals surface area contributed by atoms with Gasteiger partial charge in [-0.2, -0.15) is 4.39 Å². The van der Waals surface area contributed by atoms with Gasteiger partial charge in [0.05, 0.1) is 7.11 Å². The lowest BCUT2D eigenvalue weighted by atomic mass is 10.0. The molecule has 4 heteroatoms. The predicted molar refractivity (Wildman–Crippen MR) is 59.1 cm³/mol. The van der Waals surface area contributed by atoms with Crippen LogP contribution in [0.15, 0.2) is 12.1 Å². The molecule has 0 atom stereocenters. The van der Waals surface area contributed by atoms with E-state index in [9.17, 15) is 9.50 Å². The Morgan fingerprint density at radius 2 is 2.19 bits per heavy atom. The second-order valence-corrected chi connectivity index (χ2v) is 4.45. The highest BCUT2D eigenvalue weighted by Gasteiger charge is 2.37. The Hall–Kier alpha value is -1.29. The SMILES string of the molecule is COc1ccc(CCC2(N)CC2)c(O)c1F. The van der Waals surface area contributed by atoms with Crippen molar-refractivity contribution < 1.29 is 14.2 Å². The van der Waals surface area contributed by atoms with Crippen LogP contribution >= 0.6 is 0 Å². The van der Waals surface area contributed by atoms with Gasteiger partial charge in [0.1, 0.15) is 0 Å². The Kier molecular flexibility index (Phi) is 2.76. The van der Waals surface area contributed by atoms with Crippen molar-refractivity contribution in [3.05, 3.63) is 23.5 Å². The van der Waals surface area contributed by atoms with Crippen molar-refractivity contribution in [2.45, 2.75) is 31.2 Å². The normalized spacial score (nSPS) is 17.2. The maximum Gasteiger partial charge on any atom is 0.206 e. The van der Waals surface area contributed by atoms with Crippen molar-refractivity contribution in [3.63, 3.8) is 0 Å². The molecule has 0 unspecified atom stereocenters. The second kappa shape index (κ2) is 3.94. The molecule has 88 valence electrons. The number of phenols is 1. The number of aromatic hydroxyl groups is 1. The summed E-state index contributed by atoms with van der Waals surface area (Å²) in [4.78, 5) is 0. The lowest BCUT2D eigenvalue weighted by Gasteiger charge is -2.11. The number of rotatable bonds is 4. The zero-order valence-electron chi connectivity index (χ0n) is 9.29. The van der Waals surface area contributed by atoms with E-state index in [0.717, 1.165) is 19.3 Å². The lowest BCUT2D eigenvalue weighted by molar-refractivity contribution is 0.361. The summed E-state index contributed by atoms with van der Waals surface area (Å²) >= 11 is 0. The van der Waals surface area contributed by atoms with Crippen molar-refractivity contribution in [3.8, 4) is 11.5 Å². The van der Waals surface area contributed by atoms with Crippen LogP contribution in [0.2, 0.25) is 0 Å². The van der Waals surface area contributed by atoms with Crippen LogP contribution in [0.3, 0.4) is 0 Å². The van der Waals surface area contributed by atoms with E-state index >= 15 is 0 Å². The number of ether oxygens (including phenoxy) is 1. The third-order valence-corrected chi connectivity index (χ3v) is 3.17. The van der Waals surface area contributed by atoms with Gasteiger partial charge in [-0.05, 0) is 37.3 Å². The quantitative estimate of drug-likeness (QED) is 0.823. The highest BCUT2D eigenvalue weighted by atomic mass is 19.1. The van der Waals surface area contributed by atoms with Crippen LogP contribution in [0.4, 0.5) is 4.39 Å². The zero-order valence-corrected chi connectivity index (χ0v) is 9.29. The summed E-state index contributed by atoms with van der Waals surface area (Å²) in [6.45, 7) is 0. The molecule has 0 saturated heterocycles. The number of benzene rings is 1. The first kappa shape index (κ1) is 11.2. The van der Waals surface area contributed by atoms with Crippen molar-refractivity contribution >= 4 is 0 Å². The summed E-state index contributed by atoms with van der Waals surface area (Å²) in [5.41, 5.74) is 6.45. The van der Waals surface area contributed by atoms with Gasteiger partial charge in [0.25, 0.3) is 0 Å². The largest absolute Gasteiger partial charge is 0.505 e. The van der Waals surface area contributed by atoms with Crippen molar-refractivity contribution in [1.29, 1.82) is 0 Å². The Labute approximate surface area is 94.0 Å². The molecule has 3 N–H and O–H groups in total. The van der Waals surface area contributed by atoms with Crippen LogP contribution in [0.25, 0.3) is 0 Å². The molecule has 16 heavy (non-hydrogen) atoms. The summed E-state index contributed by atoms with van der Waals surface area (Å²) < 4.78 is 18.3. The van der Waals surface area contributed by atoms with E-state index in [-0.39, 0.29) is 17.0 Å². The number of aryl methyl sites for hydroxylation is 1. The molecule has 2 rings (SSSR count). The number of methoxy groups -OCH3 is 1. The fourth-order valence-corrected chi connectivity index (χ4v) is 1.74. The van der Waals surface area contributed by atoms with Gasteiger partial charge in [0, 0.05) is 5.54 Å². The molecule has 0 aliphatic heterocycles. The molecule has 1 aliphatic rings. The number of nitrogens with two attached hydrogens (primary N) is 1. The van der Waals surface area contributed by atoms with Crippen molar-refractivity contribution in [1.82, 2.24) is 0 Å². The molecule has 0 spiro atoms. The fraction of sp³-hybridized carbons (Fsp3) is 0.500. The Bertz CT molecular complexity index is 402. The number of hydrogen-bond acceptors (Lipinski definition) is 3. The summed E-state index contributed by atoms with van der Waals surface area (Å²) in [7, 11) is 1.37. The third kappa shape index (κ3) is 2.11. The summed E-state index contributed by atoms with van der Waals surface area (Å²) in [5, 5.41) is 9.63. The minimum absolute atomic E-state index is 0.0649. The Morgan fingerprint density at radius 3 is 2.75 bits per heavy atom. The summed E-state index contributed by atoms with van der Waals surface area (Å²) in [6.07, 6.45) is 3.42. The average Bonchev–Trinajstić information content (AvgIpc) is 2.99. The van der Waals surface area contributed by atoms with Gasteiger partial charge in [-0.3, -0.25) is 0 Å². The van der Waals surface area contributed by atoms with E-state index in [0.29, 0.717) is 12.0 Å². The van der Waals surface area contributed by atoms with Gasteiger partial charge >= 0.3 is 0 Å². The molecule has 0 amide bonds. The summed E-state index contributed by atoms with van der Waals surface area (Å²) in [6, 6.07) is 3.21. The van der Waals surface area contributed by atoms with E-state index in [4.69, 9.17) is 10.5 Å². The highest BCUT2D eigenvalue weighted by molar-refractivity contribution is 5.41. The maximum absolute atomic E-state index is 13.5. The van der Waals surface area contributed by atoms with Gasteiger partial charge < -0.3 is 15.6 Å². The van der Waals surface area contributed by atoms with Crippen LogP contribution in [0.1, 0.15) is 24.8 Å². The summed E-state index contributed by atoms with van der Waals surface area (Å²) in [5.74, 6) is -0.944. The molecule has 1 aromatic carbocycles. The molecule has 0 aromatic heterocycles. The van der Waals surface area contributed by atoms with E-state index in [1.54, 1.807) is 6.07 Å². The monoisotopic (exact) mass is 225 g/mol. The standard InChI is InChI=1S/C12H16FNO2/c1-16-9-3-2-8(11(15)10(9)13)4-5-12(14)6-7-12/h2-3,15H,4-7,14H2,1H3. The topological polar surface area (TPSA) is 55.5 Å². The van der Waals surface area contributed by atoms with Crippen LogP contribution in [0, 0.1) is 5.82 Å². The smallest absolute Gasteiger partial charge is 0.206 e.